The number of carbonyl (C=O) groups excluding carboxylic acids is 1. The molecular weight excluding hydrogens is 382 g/mol. The molecule has 2 aromatic rings. The average molecular weight is 409 g/mol. The van der Waals surface area contributed by atoms with Gasteiger partial charge >= 0.3 is 0 Å². The summed E-state index contributed by atoms with van der Waals surface area (Å²) < 4.78 is 5.09. The third-order valence-corrected chi connectivity index (χ3v) is 4.94. The second-order valence-corrected chi connectivity index (χ2v) is 7.07. The summed E-state index contributed by atoms with van der Waals surface area (Å²) in [4.78, 5) is 24.9. The van der Waals surface area contributed by atoms with E-state index in [2.05, 4.69) is 48.1 Å². The van der Waals surface area contributed by atoms with E-state index in [0.717, 1.165) is 18.5 Å². The minimum atomic E-state index is -0.195. The Labute approximate surface area is 176 Å². The maximum atomic E-state index is 11.9. The summed E-state index contributed by atoms with van der Waals surface area (Å²) in [6.45, 7) is 1.84. The number of nitrogens with zero attached hydrogens (tertiary/aromatic N) is 3. The van der Waals surface area contributed by atoms with Crippen LogP contribution in [0.5, 0.6) is 5.88 Å². The lowest BCUT2D eigenvalue weighted by molar-refractivity contribution is -0.124. The Bertz CT molecular complexity index is 931. The Morgan fingerprint density at radius 3 is 2.67 bits per heavy atom. The monoisotopic (exact) mass is 409 g/mol. The van der Waals surface area contributed by atoms with Crippen molar-refractivity contribution in [1.29, 1.82) is 0 Å². The summed E-state index contributed by atoms with van der Waals surface area (Å²) in [5, 5.41) is 12.1. The summed E-state index contributed by atoms with van der Waals surface area (Å²) >= 11 is 0. The van der Waals surface area contributed by atoms with E-state index in [9.17, 15) is 4.79 Å². The maximum absolute atomic E-state index is 11.9. The minimum absolute atomic E-state index is 0.0181. The van der Waals surface area contributed by atoms with E-state index in [0.29, 0.717) is 23.2 Å². The first kappa shape index (κ1) is 21.3. The number of nitrogens with one attached hydrogen (secondary N) is 4. The van der Waals surface area contributed by atoms with Crippen LogP contribution < -0.4 is 26.0 Å². The number of likely N-dealkylation sites (N-methyl/N-ethyl adjacent to an activating group) is 1. The lowest BCUT2D eigenvalue weighted by Gasteiger charge is -2.33. The Kier molecular flexibility index (Phi) is 7.03. The largest absolute Gasteiger partial charge is 0.481 e. The van der Waals surface area contributed by atoms with Gasteiger partial charge in [-0.1, -0.05) is 11.8 Å². The van der Waals surface area contributed by atoms with Gasteiger partial charge in [0.1, 0.15) is 0 Å². The number of carbonyl (C=O) groups is 1. The second-order valence-electron chi connectivity index (χ2n) is 7.07. The molecule has 3 rings (SSSR count). The van der Waals surface area contributed by atoms with Crippen molar-refractivity contribution in [2.75, 3.05) is 31.8 Å². The zero-order chi connectivity index (χ0) is 21.5. The van der Waals surface area contributed by atoms with Gasteiger partial charge in [-0.2, -0.15) is 4.98 Å². The molecule has 0 aliphatic heterocycles. The van der Waals surface area contributed by atoms with Crippen LogP contribution in [0.1, 0.15) is 25.3 Å². The van der Waals surface area contributed by atoms with Crippen molar-refractivity contribution >= 4 is 23.4 Å². The van der Waals surface area contributed by atoms with Gasteiger partial charge in [0.2, 0.25) is 17.7 Å². The van der Waals surface area contributed by atoms with Gasteiger partial charge in [-0.05, 0) is 32.9 Å². The molecule has 1 fully saturated rings. The third-order valence-electron chi connectivity index (χ3n) is 4.94. The van der Waals surface area contributed by atoms with Gasteiger partial charge in [-0.25, -0.2) is 9.97 Å². The number of hydrogen-bond donors (Lipinski definition) is 4. The second kappa shape index (κ2) is 9.89. The minimum Gasteiger partial charge on any atom is -0.481 e. The first-order valence-electron chi connectivity index (χ1n) is 9.83. The maximum Gasteiger partial charge on any atom is 0.237 e. The van der Waals surface area contributed by atoms with E-state index in [1.165, 1.54) is 0 Å². The Hall–Kier alpha value is -3.38. The first-order chi connectivity index (χ1) is 14.5. The Morgan fingerprint density at radius 1 is 1.23 bits per heavy atom. The molecule has 4 N–H and O–H groups in total. The van der Waals surface area contributed by atoms with Gasteiger partial charge < -0.3 is 26.0 Å². The van der Waals surface area contributed by atoms with Crippen LogP contribution in [0.3, 0.4) is 0 Å². The SMILES string of the molecule is CNc1ncc(C#CC2CC(NC(=O)[C@H](C)NC)C2)c(Nc2ccc(OC)nc2)n1. The molecule has 0 aromatic carbocycles. The predicted octanol–water partition coefficient (Wildman–Crippen LogP) is 1.52. The quantitative estimate of drug-likeness (QED) is 0.509. The van der Waals surface area contributed by atoms with Gasteiger partial charge in [0.25, 0.3) is 0 Å². The van der Waals surface area contributed by atoms with Crippen LogP contribution in [0.4, 0.5) is 17.5 Å². The molecular formula is C21H27N7O2. The topological polar surface area (TPSA) is 113 Å². The van der Waals surface area contributed by atoms with Gasteiger partial charge in [-0.3, -0.25) is 4.79 Å². The number of methoxy groups -OCH3 is 1. The van der Waals surface area contributed by atoms with E-state index in [-0.39, 0.29) is 23.9 Å². The predicted molar refractivity (Wildman–Crippen MR) is 116 cm³/mol. The molecule has 1 aliphatic rings. The zero-order valence-corrected chi connectivity index (χ0v) is 17.6. The number of aromatic nitrogens is 3. The normalized spacial score (nSPS) is 18.3. The summed E-state index contributed by atoms with van der Waals surface area (Å²) in [5.41, 5.74) is 1.46. The number of pyridine rings is 1. The Morgan fingerprint density at radius 2 is 2.03 bits per heavy atom. The van der Waals surface area contributed by atoms with Gasteiger partial charge in [0, 0.05) is 25.1 Å². The van der Waals surface area contributed by atoms with Gasteiger partial charge in [-0.15, -0.1) is 0 Å². The van der Waals surface area contributed by atoms with Crippen LogP contribution in [-0.2, 0) is 4.79 Å². The van der Waals surface area contributed by atoms with Crippen LogP contribution >= 0.6 is 0 Å². The van der Waals surface area contributed by atoms with E-state index >= 15 is 0 Å². The number of ether oxygens (including phenoxy) is 1. The molecule has 1 atom stereocenters. The molecule has 1 aliphatic carbocycles. The lowest BCUT2D eigenvalue weighted by atomic mass is 9.80. The summed E-state index contributed by atoms with van der Waals surface area (Å²) in [5.74, 6) is 8.34. The van der Waals surface area contributed by atoms with Crippen LogP contribution in [0.25, 0.3) is 0 Å². The van der Waals surface area contributed by atoms with Gasteiger partial charge in [0.05, 0.1) is 36.8 Å². The number of amides is 1. The average Bonchev–Trinajstić information content (AvgIpc) is 2.75. The van der Waals surface area contributed by atoms with Crippen LogP contribution in [0.2, 0.25) is 0 Å². The van der Waals surface area contributed by atoms with Crippen molar-refractivity contribution in [2.24, 2.45) is 5.92 Å². The molecule has 2 aromatic heterocycles. The molecule has 0 unspecified atom stereocenters. The fraction of sp³-hybridized carbons (Fsp3) is 0.429. The fourth-order valence-corrected chi connectivity index (χ4v) is 2.89. The van der Waals surface area contributed by atoms with E-state index in [1.54, 1.807) is 39.7 Å². The smallest absolute Gasteiger partial charge is 0.237 e. The van der Waals surface area contributed by atoms with Crippen molar-refractivity contribution in [3.63, 3.8) is 0 Å². The standard InChI is InChI=1S/C21H27N7O2/c1-13(22-2)20(29)27-17-9-14(10-17)5-6-15-11-25-21(23-3)28-19(15)26-16-7-8-18(30-4)24-12-16/h7-8,11-14,17,22H,9-10H2,1-4H3,(H,27,29)(H2,23,25,26,28)/t13-,14?,17?/m0/s1. The molecule has 1 amide bonds. The summed E-state index contributed by atoms with van der Waals surface area (Å²) in [6.07, 6.45) is 5.05. The molecule has 0 spiro atoms. The molecule has 1 saturated carbocycles. The highest BCUT2D eigenvalue weighted by atomic mass is 16.5. The van der Waals surface area contributed by atoms with Crippen molar-refractivity contribution in [3.05, 3.63) is 30.1 Å². The van der Waals surface area contributed by atoms with Crippen LogP contribution in [0.15, 0.2) is 24.5 Å². The zero-order valence-electron chi connectivity index (χ0n) is 17.6. The highest BCUT2D eigenvalue weighted by Crippen LogP contribution is 2.27. The van der Waals surface area contributed by atoms with Crippen molar-refractivity contribution in [2.45, 2.75) is 31.8 Å². The number of hydrogen-bond acceptors (Lipinski definition) is 8. The van der Waals surface area contributed by atoms with Crippen LogP contribution in [-0.4, -0.2) is 54.1 Å². The summed E-state index contributed by atoms with van der Waals surface area (Å²) in [6, 6.07) is 3.61. The fourth-order valence-electron chi connectivity index (χ4n) is 2.89. The highest BCUT2D eigenvalue weighted by Gasteiger charge is 2.29. The summed E-state index contributed by atoms with van der Waals surface area (Å²) in [7, 11) is 5.11. The van der Waals surface area contributed by atoms with Crippen molar-refractivity contribution in [3.8, 4) is 17.7 Å². The van der Waals surface area contributed by atoms with Crippen molar-refractivity contribution < 1.29 is 9.53 Å². The molecule has 9 nitrogen and oxygen atoms in total. The molecule has 0 bridgehead atoms. The van der Waals surface area contributed by atoms with Crippen LogP contribution in [0, 0.1) is 17.8 Å². The number of anilines is 3. The molecule has 158 valence electrons. The molecule has 9 heteroatoms. The lowest BCUT2D eigenvalue weighted by Crippen LogP contribution is -2.49. The number of rotatable bonds is 7. The highest BCUT2D eigenvalue weighted by molar-refractivity contribution is 5.81. The molecule has 0 radical (unpaired) electrons. The van der Waals surface area contributed by atoms with E-state index in [4.69, 9.17) is 4.74 Å². The first-order valence-corrected chi connectivity index (χ1v) is 9.83. The molecule has 0 saturated heterocycles. The van der Waals surface area contributed by atoms with E-state index < -0.39 is 0 Å². The molecule has 2 heterocycles. The van der Waals surface area contributed by atoms with E-state index in [1.807, 2.05) is 13.0 Å². The van der Waals surface area contributed by atoms with Gasteiger partial charge in [0.15, 0.2) is 5.82 Å². The van der Waals surface area contributed by atoms with Crippen molar-refractivity contribution in [1.82, 2.24) is 25.6 Å². The third kappa shape index (κ3) is 5.36. The Balaban J connectivity index is 1.66. The molecule has 30 heavy (non-hydrogen) atoms.